The van der Waals surface area contributed by atoms with Gasteiger partial charge in [-0.15, -0.1) is 0 Å². The molecular formula is C12H21NO2. The van der Waals surface area contributed by atoms with E-state index in [1.807, 2.05) is 13.0 Å². The van der Waals surface area contributed by atoms with Crippen LogP contribution < -0.4 is 5.73 Å². The highest BCUT2D eigenvalue weighted by Crippen LogP contribution is 2.31. The molecule has 2 unspecified atom stereocenters. The first-order chi connectivity index (χ1) is 6.96. The molecule has 0 amide bonds. The number of rotatable bonds is 4. The van der Waals surface area contributed by atoms with Gasteiger partial charge in [0.2, 0.25) is 0 Å². The maximum absolute atomic E-state index is 6.17. The first-order valence-corrected chi connectivity index (χ1v) is 5.36. The maximum Gasteiger partial charge on any atom is 0.0951 e. The molecule has 0 radical (unpaired) electrons. The van der Waals surface area contributed by atoms with Crippen LogP contribution in [0.25, 0.3) is 0 Å². The predicted molar refractivity (Wildman–Crippen MR) is 60.5 cm³/mol. The fourth-order valence-electron chi connectivity index (χ4n) is 1.71. The van der Waals surface area contributed by atoms with Gasteiger partial charge in [0.25, 0.3) is 0 Å². The van der Waals surface area contributed by atoms with Crippen molar-refractivity contribution in [3.63, 3.8) is 0 Å². The molecule has 0 spiro atoms. The molecule has 0 fully saturated rings. The summed E-state index contributed by atoms with van der Waals surface area (Å²) in [5.74, 6) is 0. The van der Waals surface area contributed by atoms with Gasteiger partial charge >= 0.3 is 0 Å². The van der Waals surface area contributed by atoms with Gasteiger partial charge in [-0.05, 0) is 18.4 Å². The van der Waals surface area contributed by atoms with Gasteiger partial charge in [0.15, 0.2) is 0 Å². The molecule has 0 saturated heterocycles. The maximum atomic E-state index is 6.17. The van der Waals surface area contributed by atoms with Crippen molar-refractivity contribution in [2.24, 2.45) is 11.1 Å². The van der Waals surface area contributed by atoms with Crippen LogP contribution in [0.3, 0.4) is 0 Å². The Kier molecular flexibility index (Phi) is 3.94. The summed E-state index contributed by atoms with van der Waals surface area (Å²) < 4.78 is 10.8. The van der Waals surface area contributed by atoms with Crippen molar-refractivity contribution < 1.29 is 9.15 Å². The Bertz CT molecular complexity index is 274. The molecule has 86 valence electrons. The number of ether oxygens (including phenoxy) is 1. The lowest BCUT2D eigenvalue weighted by atomic mass is 9.83. The van der Waals surface area contributed by atoms with Crippen LogP contribution in [0.2, 0.25) is 0 Å². The highest BCUT2D eigenvalue weighted by molar-refractivity contribution is 5.13. The SMILES string of the molecule is CCOC(C(N)c1ccoc1)C(C)(C)C. The van der Waals surface area contributed by atoms with Crippen LogP contribution >= 0.6 is 0 Å². The van der Waals surface area contributed by atoms with Gasteiger partial charge in [-0.25, -0.2) is 0 Å². The smallest absolute Gasteiger partial charge is 0.0951 e. The fraction of sp³-hybridized carbons (Fsp3) is 0.667. The Morgan fingerprint density at radius 3 is 2.53 bits per heavy atom. The van der Waals surface area contributed by atoms with E-state index in [0.29, 0.717) is 6.61 Å². The summed E-state index contributed by atoms with van der Waals surface area (Å²) in [7, 11) is 0. The molecular weight excluding hydrogens is 190 g/mol. The first-order valence-electron chi connectivity index (χ1n) is 5.36. The molecule has 2 N–H and O–H groups in total. The van der Waals surface area contributed by atoms with Gasteiger partial charge in [-0.2, -0.15) is 0 Å². The molecule has 1 aromatic heterocycles. The molecule has 1 aromatic rings. The summed E-state index contributed by atoms with van der Waals surface area (Å²) in [6.45, 7) is 9.06. The summed E-state index contributed by atoms with van der Waals surface area (Å²) in [4.78, 5) is 0. The van der Waals surface area contributed by atoms with Gasteiger partial charge in [0, 0.05) is 12.2 Å². The lowest BCUT2D eigenvalue weighted by Gasteiger charge is -2.34. The largest absolute Gasteiger partial charge is 0.472 e. The fourth-order valence-corrected chi connectivity index (χ4v) is 1.71. The minimum absolute atomic E-state index is 0.0000926. The minimum Gasteiger partial charge on any atom is -0.472 e. The number of nitrogens with two attached hydrogens (primary N) is 1. The van der Waals surface area contributed by atoms with E-state index in [9.17, 15) is 0 Å². The van der Waals surface area contributed by atoms with E-state index < -0.39 is 0 Å². The van der Waals surface area contributed by atoms with Gasteiger partial charge in [-0.1, -0.05) is 20.8 Å². The van der Waals surface area contributed by atoms with Crippen molar-refractivity contribution >= 4 is 0 Å². The lowest BCUT2D eigenvalue weighted by Crippen LogP contribution is -2.39. The van der Waals surface area contributed by atoms with E-state index in [2.05, 4.69) is 20.8 Å². The second-order valence-corrected chi connectivity index (χ2v) is 4.82. The number of furan rings is 1. The third-order valence-electron chi connectivity index (χ3n) is 2.45. The monoisotopic (exact) mass is 211 g/mol. The van der Waals surface area contributed by atoms with E-state index in [4.69, 9.17) is 14.9 Å². The summed E-state index contributed by atoms with van der Waals surface area (Å²) in [5.41, 5.74) is 7.18. The van der Waals surface area contributed by atoms with Crippen molar-refractivity contribution in [3.8, 4) is 0 Å². The van der Waals surface area contributed by atoms with Crippen molar-refractivity contribution in [1.29, 1.82) is 0 Å². The zero-order valence-corrected chi connectivity index (χ0v) is 9.99. The third kappa shape index (κ3) is 3.08. The van der Waals surface area contributed by atoms with Crippen LogP contribution in [-0.2, 0) is 4.74 Å². The molecule has 15 heavy (non-hydrogen) atoms. The molecule has 0 bridgehead atoms. The second kappa shape index (κ2) is 4.81. The van der Waals surface area contributed by atoms with E-state index in [-0.39, 0.29) is 17.6 Å². The average molecular weight is 211 g/mol. The lowest BCUT2D eigenvalue weighted by molar-refractivity contribution is -0.0284. The van der Waals surface area contributed by atoms with E-state index in [1.54, 1.807) is 12.5 Å². The van der Waals surface area contributed by atoms with Gasteiger partial charge in [-0.3, -0.25) is 0 Å². The average Bonchev–Trinajstić information content (AvgIpc) is 2.63. The molecule has 0 aliphatic rings. The Hall–Kier alpha value is -0.800. The van der Waals surface area contributed by atoms with Crippen LogP contribution in [0.4, 0.5) is 0 Å². The summed E-state index contributed by atoms with van der Waals surface area (Å²) in [6, 6.07) is 1.76. The van der Waals surface area contributed by atoms with Crippen molar-refractivity contribution in [3.05, 3.63) is 24.2 Å². The van der Waals surface area contributed by atoms with Crippen LogP contribution in [0.15, 0.2) is 23.0 Å². The van der Waals surface area contributed by atoms with Gasteiger partial charge in [0.1, 0.15) is 0 Å². The van der Waals surface area contributed by atoms with E-state index in [0.717, 1.165) is 5.56 Å². The topological polar surface area (TPSA) is 48.4 Å². The van der Waals surface area contributed by atoms with Crippen molar-refractivity contribution in [1.82, 2.24) is 0 Å². The summed E-state index contributed by atoms with van der Waals surface area (Å²) >= 11 is 0. The normalized spacial score (nSPS) is 16.3. The van der Waals surface area contributed by atoms with Gasteiger partial charge < -0.3 is 14.9 Å². The molecule has 0 saturated carbocycles. The molecule has 2 atom stereocenters. The quantitative estimate of drug-likeness (QED) is 0.833. The van der Waals surface area contributed by atoms with Crippen LogP contribution in [0.5, 0.6) is 0 Å². The van der Waals surface area contributed by atoms with Crippen LogP contribution in [0.1, 0.15) is 39.3 Å². The highest BCUT2D eigenvalue weighted by atomic mass is 16.5. The number of hydrogen-bond acceptors (Lipinski definition) is 3. The van der Waals surface area contributed by atoms with E-state index >= 15 is 0 Å². The first kappa shape index (κ1) is 12.3. The van der Waals surface area contributed by atoms with E-state index in [1.165, 1.54) is 0 Å². The number of hydrogen-bond donors (Lipinski definition) is 1. The zero-order chi connectivity index (χ0) is 11.5. The standard InChI is InChI=1S/C12H21NO2/c1-5-15-11(12(2,3)4)10(13)9-6-7-14-8-9/h6-8,10-11H,5,13H2,1-4H3. The van der Waals surface area contributed by atoms with Crippen molar-refractivity contribution in [2.75, 3.05) is 6.61 Å². The second-order valence-electron chi connectivity index (χ2n) is 4.82. The zero-order valence-electron chi connectivity index (χ0n) is 9.99. The predicted octanol–water partition coefficient (Wildman–Crippen LogP) is 2.73. The third-order valence-corrected chi connectivity index (χ3v) is 2.45. The Balaban J connectivity index is 2.81. The molecule has 3 nitrogen and oxygen atoms in total. The molecule has 0 aliphatic carbocycles. The Morgan fingerprint density at radius 2 is 2.13 bits per heavy atom. The Labute approximate surface area is 91.6 Å². The molecule has 0 aliphatic heterocycles. The molecule has 3 heteroatoms. The minimum atomic E-state index is -0.135. The molecule has 1 heterocycles. The van der Waals surface area contributed by atoms with Crippen molar-refractivity contribution in [2.45, 2.75) is 39.8 Å². The summed E-state index contributed by atoms with van der Waals surface area (Å²) in [5, 5.41) is 0. The highest BCUT2D eigenvalue weighted by Gasteiger charge is 2.32. The van der Waals surface area contributed by atoms with Crippen LogP contribution in [-0.4, -0.2) is 12.7 Å². The van der Waals surface area contributed by atoms with Crippen LogP contribution in [0, 0.1) is 5.41 Å². The summed E-state index contributed by atoms with van der Waals surface area (Å²) in [6.07, 6.45) is 3.32. The molecule has 1 rings (SSSR count). The van der Waals surface area contributed by atoms with Gasteiger partial charge in [0.05, 0.1) is 24.7 Å². The molecule has 0 aromatic carbocycles. The Morgan fingerprint density at radius 1 is 1.47 bits per heavy atom.